The Hall–Kier alpha value is -1.76. The van der Waals surface area contributed by atoms with E-state index in [0.29, 0.717) is 5.69 Å². The van der Waals surface area contributed by atoms with Crippen LogP contribution in [0.3, 0.4) is 0 Å². The summed E-state index contributed by atoms with van der Waals surface area (Å²) in [6.07, 6.45) is 0. The quantitative estimate of drug-likeness (QED) is 0.936. The minimum absolute atomic E-state index is 0.151. The van der Waals surface area contributed by atoms with Gasteiger partial charge in [0.25, 0.3) is 5.91 Å². The van der Waals surface area contributed by atoms with Crippen molar-refractivity contribution in [2.45, 2.75) is 20.4 Å². The number of rotatable bonds is 4. The standard InChI is InChI=1S/C17H21N3O2S/c1-12-3-4-14(13(2)9-12)19-17(21)15-11-23-16(18-15)10-20-5-7-22-8-6-20/h3-4,9,11H,5-8,10H2,1-2H3,(H,19,21). The number of aromatic nitrogens is 1. The Balaban J connectivity index is 1.63. The van der Waals surface area contributed by atoms with E-state index in [4.69, 9.17) is 4.74 Å². The molecule has 0 bridgehead atoms. The Kier molecular flexibility index (Phi) is 5.05. The van der Waals surface area contributed by atoms with Crippen LogP contribution in [0.15, 0.2) is 23.6 Å². The maximum atomic E-state index is 12.4. The molecule has 6 heteroatoms. The van der Waals surface area contributed by atoms with E-state index in [9.17, 15) is 4.79 Å². The highest BCUT2D eigenvalue weighted by Gasteiger charge is 2.16. The number of morpholine rings is 1. The zero-order valence-corrected chi connectivity index (χ0v) is 14.3. The number of nitrogens with one attached hydrogen (secondary N) is 1. The van der Waals surface area contributed by atoms with E-state index in [1.165, 1.54) is 16.9 Å². The molecule has 0 unspecified atom stereocenters. The third-order valence-electron chi connectivity index (χ3n) is 3.88. The van der Waals surface area contributed by atoms with Gasteiger partial charge >= 0.3 is 0 Å². The number of carbonyl (C=O) groups excluding carboxylic acids is 1. The Morgan fingerprint density at radius 2 is 2.13 bits per heavy atom. The summed E-state index contributed by atoms with van der Waals surface area (Å²) in [6, 6.07) is 5.98. The molecular formula is C17H21N3O2S. The number of hydrogen-bond acceptors (Lipinski definition) is 5. The Morgan fingerprint density at radius 1 is 1.35 bits per heavy atom. The van der Waals surface area contributed by atoms with Gasteiger partial charge in [0, 0.05) is 24.2 Å². The van der Waals surface area contributed by atoms with Gasteiger partial charge in [-0.15, -0.1) is 11.3 Å². The third-order valence-corrected chi connectivity index (χ3v) is 4.71. The summed E-state index contributed by atoms with van der Waals surface area (Å²) in [7, 11) is 0. The normalized spacial score (nSPS) is 15.6. The molecule has 1 saturated heterocycles. The molecule has 0 radical (unpaired) electrons. The zero-order chi connectivity index (χ0) is 16.2. The second-order valence-electron chi connectivity index (χ2n) is 5.79. The van der Waals surface area contributed by atoms with Crippen molar-refractivity contribution in [3.63, 3.8) is 0 Å². The molecule has 1 aliphatic heterocycles. The highest BCUT2D eigenvalue weighted by molar-refractivity contribution is 7.09. The fourth-order valence-electron chi connectivity index (χ4n) is 2.58. The topological polar surface area (TPSA) is 54.5 Å². The van der Waals surface area contributed by atoms with Gasteiger partial charge in [-0.1, -0.05) is 17.7 Å². The molecule has 0 atom stereocenters. The van der Waals surface area contributed by atoms with Crippen molar-refractivity contribution < 1.29 is 9.53 Å². The minimum Gasteiger partial charge on any atom is -0.379 e. The fraction of sp³-hybridized carbons (Fsp3) is 0.412. The zero-order valence-electron chi connectivity index (χ0n) is 13.5. The average molecular weight is 331 g/mol. The highest BCUT2D eigenvalue weighted by Crippen LogP contribution is 2.18. The predicted octanol–water partition coefficient (Wildman–Crippen LogP) is 2.84. The molecule has 3 rings (SSSR count). The maximum absolute atomic E-state index is 12.4. The van der Waals surface area contributed by atoms with Gasteiger partial charge in [-0.25, -0.2) is 4.98 Å². The van der Waals surface area contributed by atoms with Crippen molar-refractivity contribution in [1.29, 1.82) is 0 Å². The summed E-state index contributed by atoms with van der Waals surface area (Å²) < 4.78 is 5.34. The van der Waals surface area contributed by atoms with Gasteiger partial charge in [-0.2, -0.15) is 0 Å². The van der Waals surface area contributed by atoms with Crippen molar-refractivity contribution in [2.75, 3.05) is 31.6 Å². The summed E-state index contributed by atoms with van der Waals surface area (Å²) in [5.74, 6) is -0.151. The number of carbonyl (C=O) groups is 1. The van der Waals surface area contributed by atoms with Crippen molar-refractivity contribution in [3.8, 4) is 0 Å². The SMILES string of the molecule is Cc1ccc(NC(=O)c2csc(CN3CCOCC3)n2)c(C)c1. The van der Waals surface area contributed by atoms with E-state index < -0.39 is 0 Å². The molecule has 1 aliphatic rings. The van der Waals surface area contributed by atoms with E-state index in [1.54, 1.807) is 0 Å². The van der Waals surface area contributed by atoms with Gasteiger partial charge in [0.05, 0.1) is 19.8 Å². The molecule has 5 nitrogen and oxygen atoms in total. The van der Waals surface area contributed by atoms with E-state index in [2.05, 4.69) is 21.3 Å². The third kappa shape index (κ3) is 4.16. The van der Waals surface area contributed by atoms with Crippen molar-refractivity contribution >= 4 is 22.9 Å². The number of aryl methyl sites for hydroxylation is 2. The van der Waals surface area contributed by atoms with Gasteiger partial charge in [0.15, 0.2) is 0 Å². The fourth-order valence-corrected chi connectivity index (χ4v) is 3.39. The summed E-state index contributed by atoms with van der Waals surface area (Å²) >= 11 is 1.53. The Labute approximate surface area is 140 Å². The number of benzene rings is 1. The van der Waals surface area contributed by atoms with Crippen molar-refractivity contribution in [1.82, 2.24) is 9.88 Å². The Morgan fingerprint density at radius 3 is 2.87 bits per heavy atom. The van der Waals surface area contributed by atoms with Crippen LogP contribution in [-0.2, 0) is 11.3 Å². The van der Waals surface area contributed by atoms with Crippen molar-refractivity contribution in [3.05, 3.63) is 45.4 Å². The lowest BCUT2D eigenvalue weighted by Gasteiger charge is -2.25. The number of amides is 1. The lowest BCUT2D eigenvalue weighted by Crippen LogP contribution is -2.35. The van der Waals surface area contributed by atoms with Crippen LogP contribution in [0, 0.1) is 13.8 Å². The number of hydrogen-bond donors (Lipinski definition) is 1. The predicted molar refractivity (Wildman–Crippen MR) is 92.1 cm³/mol. The minimum atomic E-state index is -0.151. The van der Waals surface area contributed by atoms with Crippen LogP contribution in [0.5, 0.6) is 0 Å². The van der Waals surface area contributed by atoms with Crippen LogP contribution in [-0.4, -0.2) is 42.1 Å². The first-order valence-corrected chi connectivity index (χ1v) is 8.63. The van der Waals surface area contributed by atoms with Crippen LogP contribution >= 0.6 is 11.3 Å². The monoisotopic (exact) mass is 331 g/mol. The molecular weight excluding hydrogens is 310 g/mol. The van der Waals surface area contributed by atoms with E-state index >= 15 is 0 Å². The molecule has 0 aliphatic carbocycles. The molecule has 1 aromatic heterocycles. The van der Waals surface area contributed by atoms with E-state index in [-0.39, 0.29) is 5.91 Å². The lowest BCUT2D eigenvalue weighted by atomic mass is 10.1. The van der Waals surface area contributed by atoms with E-state index in [1.807, 2.05) is 31.4 Å². The molecule has 2 heterocycles. The molecule has 1 N–H and O–H groups in total. The first kappa shape index (κ1) is 16.1. The summed E-state index contributed by atoms with van der Waals surface area (Å²) in [4.78, 5) is 19.1. The van der Waals surface area contributed by atoms with Gasteiger partial charge in [0.1, 0.15) is 10.7 Å². The largest absolute Gasteiger partial charge is 0.379 e. The lowest BCUT2D eigenvalue weighted by molar-refractivity contribution is 0.0341. The van der Waals surface area contributed by atoms with Crippen LogP contribution in [0.25, 0.3) is 0 Å². The molecule has 23 heavy (non-hydrogen) atoms. The number of anilines is 1. The Bertz CT molecular complexity index is 693. The molecule has 1 amide bonds. The maximum Gasteiger partial charge on any atom is 0.275 e. The molecule has 0 saturated carbocycles. The molecule has 1 aromatic carbocycles. The summed E-state index contributed by atoms with van der Waals surface area (Å²) in [6.45, 7) is 8.19. The number of nitrogens with zero attached hydrogens (tertiary/aromatic N) is 2. The van der Waals surface area contributed by atoms with Crippen LogP contribution in [0.2, 0.25) is 0 Å². The van der Waals surface area contributed by atoms with E-state index in [0.717, 1.165) is 49.1 Å². The molecule has 1 fully saturated rings. The van der Waals surface area contributed by atoms with Gasteiger partial charge in [-0.3, -0.25) is 9.69 Å². The van der Waals surface area contributed by atoms with Crippen LogP contribution < -0.4 is 5.32 Å². The first-order chi connectivity index (χ1) is 11.1. The first-order valence-electron chi connectivity index (χ1n) is 7.75. The summed E-state index contributed by atoms with van der Waals surface area (Å²) in [5.41, 5.74) is 3.56. The number of thiazole rings is 1. The smallest absolute Gasteiger partial charge is 0.275 e. The second-order valence-corrected chi connectivity index (χ2v) is 6.73. The van der Waals surface area contributed by atoms with Crippen LogP contribution in [0.1, 0.15) is 26.6 Å². The second kappa shape index (κ2) is 7.21. The van der Waals surface area contributed by atoms with Gasteiger partial charge in [-0.05, 0) is 25.5 Å². The van der Waals surface area contributed by atoms with Crippen molar-refractivity contribution in [2.24, 2.45) is 0 Å². The highest BCUT2D eigenvalue weighted by atomic mass is 32.1. The average Bonchev–Trinajstić information content (AvgIpc) is 3.00. The number of ether oxygens (including phenoxy) is 1. The summed E-state index contributed by atoms with van der Waals surface area (Å²) in [5, 5.41) is 5.74. The van der Waals surface area contributed by atoms with Gasteiger partial charge in [0.2, 0.25) is 0 Å². The van der Waals surface area contributed by atoms with Crippen LogP contribution in [0.4, 0.5) is 5.69 Å². The molecule has 0 spiro atoms. The molecule has 122 valence electrons. The van der Waals surface area contributed by atoms with Gasteiger partial charge < -0.3 is 10.1 Å². The molecule has 2 aromatic rings.